The van der Waals surface area contributed by atoms with E-state index in [0.29, 0.717) is 30.3 Å². The third-order valence-electron chi connectivity index (χ3n) is 4.88. The second-order valence-corrected chi connectivity index (χ2v) is 6.58. The molecule has 0 fully saturated rings. The number of aromatic nitrogens is 4. The molecule has 0 saturated heterocycles. The summed E-state index contributed by atoms with van der Waals surface area (Å²) in [5, 5.41) is 11.0. The Kier molecular flexibility index (Phi) is 5.28. The van der Waals surface area contributed by atoms with Crippen LogP contribution >= 0.6 is 0 Å². The Bertz CT molecular complexity index is 989. The largest absolute Gasteiger partial charge is 0.493 e. The molecule has 0 N–H and O–H groups in total. The molecule has 1 amide bonds. The van der Waals surface area contributed by atoms with Gasteiger partial charge in [-0.05, 0) is 64.4 Å². The summed E-state index contributed by atoms with van der Waals surface area (Å²) in [6, 6.07) is 11.1. The Hall–Kier alpha value is -3.62. The average molecular weight is 395 g/mol. The minimum absolute atomic E-state index is 0.0210. The number of hydrogen-bond donors (Lipinski definition) is 0. The van der Waals surface area contributed by atoms with Crippen molar-refractivity contribution in [2.45, 2.75) is 13.0 Å². The molecule has 9 heteroatoms. The van der Waals surface area contributed by atoms with Crippen molar-refractivity contribution in [2.75, 3.05) is 27.4 Å². The minimum Gasteiger partial charge on any atom is -0.493 e. The Balaban J connectivity index is 1.37. The lowest BCUT2D eigenvalue weighted by atomic mass is 9.99. The molecule has 0 atom stereocenters. The molecule has 0 spiro atoms. The highest BCUT2D eigenvalue weighted by Gasteiger charge is 2.23. The zero-order valence-corrected chi connectivity index (χ0v) is 16.2. The fourth-order valence-corrected chi connectivity index (χ4v) is 3.31. The van der Waals surface area contributed by atoms with Gasteiger partial charge < -0.3 is 19.1 Å². The van der Waals surface area contributed by atoms with E-state index in [1.807, 2.05) is 24.3 Å². The average Bonchev–Trinajstić information content (AvgIpc) is 3.31. The first-order valence-corrected chi connectivity index (χ1v) is 9.15. The van der Waals surface area contributed by atoms with E-state index in [-0.39, 0.29) is 12.5 Å². The lowest BCUT2D eigenvalue weighted by molar-refractivity contribution is -0.134. The summed E-state index contributed by atoms with van der Waals surface area (Å²) in [4.78, 5) is 14.4. The molecule has 2 heterocycles. The van der Waals surface area contributed by atoms with Crippen LogP contribution < -0.4 is 14.2 Å². The van der Waals surface area contributed by atoms with E-state index in [4.69, 9.17) is 14.2 Å². The number of amides is 1. The Morgan fingerprint density at radius 3 is 2.45 bits per heavy atom. The second-order valence-electron chi connectivity index (χ2n) is 6.58. The molecule has 29 heavy (non-hydrogen) atoms. The maximum Gasteiger partial charge on any atom is 0.260 e. The van der Waals surface area contributed by atoms with Gasteiger partial charge in [0.15, 0.2) is 18.1 Å². The van der Waals surface area contributed by atoms with Gasteiger partial charge in [-0.2, -0.15) is 0 Å². The Morgan fingerprint density at radius 2 is 1.79 bits per heavy atom. The smallest absolute Gasteiger partial charge is 0.260 e. The number of tetrazole rings is 1. The predicted molar refractivity (Wildman–Crippen MR) is 103 cm³/mol. The van der Waals surface area contributed by atoms with Crippen molar-refractivity contribution >= 4 is 5.91 Å². The predicted octanol–water partition coefficient (Wildman–Crippen LogP) is 1.64. The number of nitrogens with zero attached hydrogens (tertiary/aromatic N) is 5. The Morgan fingerprint density at radius 1 is 1.07 bits per heavy atom. The standard InChI is InChI=1S/C20H21N5O4/c1-27-18-9-14-7-8-24(11-15(14)10-19(18)28-2)20(26)12-29-17-5-3-16(4-6-17)25-13-21-22-23-25/h3-6,9-10,13H,7-8,11-12H2,1-2H3. The van der Waals surface area contributed by atoms with Crippen molar-refractivity contribution in [1.82, 2.24) is 25.1 Å². The molecule has 4 rings (SSSR count). The van der Waals surface area contributed by atoms with Crippen molar-refractivity contribution in [3.8, 4) is 22.9 Å². The van der Waals surface area contributed by atoms with Gasteiger partial charge in [0.2, 0.25) is 0 Å². The fraction of sp³-hybridized carbons (Fsp3) is 0.300. The number of carbonyl (C=O) groups is 1. The van der Waals surface area contributed by atoms with Gasteiger partial charge in [0, 0.05) is 13.1 Å². The molecule has 2 aromatic carbocycles. The van der Waals surface area contributed by atoms with Crippen LogP contribution in [0.4, 0.5) is 0 Å². The summed E-state index contributed by atoms with van der Waals surface area (Å²) in [6.07, 6.45) is 2.28. The second kappa shape index (κ2) is 8.17. The van der Waals surface area contributed by atoms with Crippen LogP contribution in [0.1, 0.15) is 11.1 Å². The molecule has 1 aromatic heterocycles. The zero-order chi connectivity index (χ0) is 20.2. The van der Waals surface area contributed by atoms with Crippen LogP contribution in [-0.4, -0.2) is 58.4 Å². The van der Waals surface area contributed by atoms with E-state index in [9.17, 15) is 4.79 Å². The van der Waals surface area contributed by atoms with Gasteiger partial charge in [0.05, 0.1) is 19.9 Å². The quantitative estimate of drug-likeness (QED) is 0.627. The summed E-state index contributed by atoms with van der Waals surface area (Å²) in [7, 11) is 3.23. The number of carbonyl (C=O) groups excluding carboxylic acids is 1. The first-order chi connectivity index (χ1) is 14.2. The monoisotopic (exact) mass is 395 g/mol. The van der Waals surface area contributed by atoms with Gasteiger partial charge in [-0.25, -0.2) is 4.68 Å². The van der Waals surface area contributed by atoms with Gasteiger partial charge in [0.25, 0.3) is 5.91 Å². The van der Waals surface area contributed by atoms with E-state index in [2.05, 4.69) is 15.5 Å². The highest BCUT2D eigenvalue weighted by atomic mass is 16.5. The number of methoxy groups -OCH3 is 2. The van der Waals surface area contributed by atoms with Crippen LogP contribution in [0.15, 0.2) is 42.7 Å². The zero-order valence-electron chi connectivity index (χ0n) is 16.2. The highest BCUT2D eigenvalue weighted by Crippen LogP contribution is 2.33. The summed E-state index contributed by atoms with van der Waals surface area (Å²) in [6.45, 7) is 1.14. The lowest BCUT2D eigenvalue weighted by Gasteiger charge is -2.29. The molecule has 0 bridgehead atoms. The van der Waals surface area contributed by atoms with E-state index in [1.54, 1.807) is 35.9 Å². The van der Waals surface area contributed by atoms with E-state index in [1.165, 1.54) is 11.9 Å². The summed E-state index contributed by atoms with van der Waals surface area (Å²) >= 11 is 0. The first-order valence-electron chi connectivity index (χ1n) is 9.15. The van der Waals surface area contributed by atoms with Crippen molar-refractivity contribution in [2.24, 2.45) is 0 Å². The molecule has 3 aromatic rings. The van der Waals surface area contributed by atoms with Gasteiger partial charge in [-0.3, -0.25) is 4.79 Å². The maximum atomic E-state index is 12.6. The fourth-order valence-electron chi connectivity index (χ4n) is 3.31. The summed E-state index contributed by atoms with van der Waals surface area (Å²) < 4.78 is 17.9. The third-order valence-corrected chi connectivity index (χ3v) is 4.88. The van der Waals surface area contributed by atoms with Crippen molar-refractivity contribution in [1.29, 1.82) is 0 Å². The van der Waals surface area contributed by atoms with Crippen LogP contribution in [0, 0.1) is 0 Å². The molecule has 1 aliphatic rings. The molecule has 1 aliphatic heterocycles. The molecule has 0 radical (unpaired) electrons. The minimum atomic E-state index is -0.0602. The molecule has 0 unspecified atom stereocenters. The number of ether oxygens (including phenoxy) is 3. The van der Waals surface area contributed by atoms with E-state index >= 15 is 0 Å². The number of rotatable bonds is 6. The van der Waals surface area contributed by atoms with Crippen LogP contribution in [0.5, 0.6) is 17.2 Å². The van der Waals surface area contributed by atoms with Gasteiger partial charge >= 0.3 is 0 Å². The topological polar surface area (TPSA) is 91.6 Å². The van der Waals surface area contributed by atoms with Gasteiger partial charge in [-0.15, -0.1) is 5.10 Å². The van der Waals surface area contributed by atoms with E-state index in [0.717, 1.165) is 17.7 Å². The van der Waals surface area contributed by atoms with Crippen LogP contribution in [0.2, 0.25) is 0 Å². The normalized spacial score (nSPS) is 13.0. The summed E-state index contributed by atoms with van der Waals surface area (Å²) in [5.74, 6) is 1.92. The van der Waals surface area contributed by atoms with Crippen molar-refractivity contribution in [3.63, 3.8) is 0 Å². The highest BCUT2D eigenvalue weighted by molar-refractivity contribution is 5.78. The van der Waals surface area contributed by atoms with Gasteiger partial charge in [-0.1, -0.05) is 0 Å². The summed E-state index contributed by atoms with van der Waals surface area (Å²) in [5.41, 5.74) is 3.05. The van der Waals surface area contributed by atoms with Crippen LogP contribution in [0.3, 0.4) is 0 Å². The van der Waals surface area contributed by atoms with Crippen molar-refractivity contribution in [3.05, 3.63) is 53.9 Å². The number of benzene rings is 2. The number of hydrogen-bond acceptors (Lipinski definition) is 7. The molecule has 0 saturated carbocycles. The van der Waals surface area contributed by atoms with Gasteiger partial charge in [0.1, 0.15) is 12.1 Å². The maximum absolute atomic E-state index is 12.6. The number of fused-ring (bicyclic) bond motifs is 1. The first kappa shape index (κ1) is 18.7. The molecular formula is C20H21N5O4. The van der Waals surface area contributed by atoms with Crippen LogP contribution in [0.25, 0.3) is 5.69 Å². The SMILES string of the molecule is COc1cc2c(cc1OC)CN(C(=O)COc1ccc(-n3cnnn3)cc1)CC2. The Labute approximate surface area is 167 Å². The van der Waals surface area contributed by atoms with E-state index < -0.39 is 0 Å². The molecule has 9 nitrogen and oxygen atoms in total. The molecule has 0 aliphatic carbocycles. The molecular weight excluding hydrogens is 374 g/mol. The lowest BCUT2D eigenvalue weighted by Crippen LogP contribution is -2.38. The third kappa shape index (κ3) is 3.98. The van der Waals surface area contributed by atoms with Crippen molar-refractivity contribution < 1.29 is 19.0 Å². The molecule has 150 valence electrons. The van der Waals surface area contributed by atoms with Crippen LogP contribution in [-0.2, 0) is 17.8 Å².